The van der Waals surface area contributed by atoms with Gasteiger partial charge in [0.25, 0.3) is 5.91 Å². The van der Waals surface area contributed by atoms with Crippen molar-refractivity contribution in [2.24, 2.45) is 5.92 Å². The number of benzene rings is 5. The maximum Gasteiger partial charge on any atom is 0.408 e. The van der Waals surface area contributed by atoms with Crippen LogP contribution in [0.25, 0.3) is 10.9 Å². The van der Waals surface area contributed by atoms with Crippen LogP contribution >= 0.6 is 0 Å². The summed E-state index contributed by atoms with van der Waals surface area (Å²) in [4.78, 5) is 46.0. The number of pyridine rings is 1. The van der Waals surface area contributed by atoms with Crippen LogP contribution < -0.4 is 20.9 Å². The molecule has 3 saturated heterocycles. The van der Waals surface area contributed by atoms with Crippen LogP contribution in [-0.2, 0) is 17.9 Å². The molecule has 3 atom stereocenters. The molecule has 4 heterocycles. The van der Waals surface area contributed by atoms with Crippen LogP contribution in [0.5, 0.6) is 11.5 Å². The second kappa shape index (κ2) is 20.1. The molecule has 2 bridgehead atoms. The normalized spacial score (nSPS) is 17.8. The Kier molecular flexibility index (Phi) is 13.8. The molecule has 3 aliphatic heterocycles. The smallest absolute Gasteiger partial charge is 0.408 e. The van der Waals surface area contributed by atoms with Crippen LogP contribution in [0.1, 0.15) is 75.1 Å². The van der Waals surface area contributed by atoms with Crippen molar-refractivity contribution in [2.75, 3.05) is 39.3 Å². The minimum atomic E-state index is -0.881. The molecule has 3 aliphatic rings. The number of nitrogens with zero attached hydrogens (tertiary/aromatic N) is 2. The lowest BCUT2D eigenvalue weighted by Crippen LogP contribution is -2.52. The molecule has 1 unspecified atom stereocenters. The Balaban J connectivity index is 0.878. The van der Waals surface area contributed by atoms with Gasteiger partial charge in [-0.25, -0.2) is 4.79 Å². The summed E-state index contributed by atoms with van der Waals surface area (Å²) in [7, 11) is 0. The van der Waals surface area contributed by atoms with Gasteiger partial charge in [-0.1, -0.05) is 90.5 Å². The van der Waals surface area contributed by atoms with Crippen LogP contribution in [-0.4, -0.2) is 82.4 Å². The number of amides is 2. The Morgan fingerprint density at radius 3 is 2.41 bits per heavy atom. The van der Waals surface area contributed by atoms with Crippen LogP contribution in [0.2, 0.25) is 0 Å². The summed E-state index contributed by atoms with van der Waals surface area (Å²) < 4.78 is 12.3. The van der Waals surface area contributed by atoms with Crippen molar-refractivity contribution >= 4 is 22.9 Å². The van der Waals surface area contributed by atoms with Gasteiger partial charge in [0.2, 0.25) is 5.56 Å². The molecule has 3 fully saturated rings. The number of aromatic amines is 1. The molecule has 2 amide bonds. The second-order valence-electron chi connectivity index (χ2n) is 16.7. The number of fused-ring (bicyclic) bond motifs is 4. The van der Waals surface area contributed by atoms with Crippen molar-refractivity contribution in [1.29, 1.82) is 0 Å². The first-order valence-electron chi connectivity index (χ1n) is 21.8. The van der Waals surface area contributed by atoms with E-state index < -0.39 is 18.2 Å². The van der Waals surface area contributed by atoms with E-state index in [0.717, 1.165) is 60.3 Å². The highest BCUT2D eigenvalue weighted by molar-refractivity contribution is 5.94. The van der Waals surface area contributed by atoms with Crippen molar-refractivity contribution in [3.05, 3.63) is 177 Å². The largest absolute Gasteiger partial charge is 0.506 e. The number of phenols is 1. The van der Waals surface area contributed by atoms with Crippen molar-refractivity contribution < 1.29 is 29.3 Å². The van der Waals surface area contributed by atoms with Crippen molar-refractivity contribution in [3.8, 4) is 11.5 Å². The molecule has 12 heteroatoms. The number of alkyl carbamates (subject to hydrolysis) is 1. The predicted octanol–water partition coefficient (Wildman–Crippen LogP) is 7.39. The number of carbonyl (C=O) groups is 2. The number of aliphatic hydroxyl groups excluding tert-OH is 1. The highest BCUT2D eigenvalue weighted by Crippen LogP contribution is 2.32. The van der Waals surface area contributed by atoms with Gasteiger partial charge in [0.05, 0.1) is 17.7 Å². The molecule has 63 heavy (non-hydrogen) atoms. The fraction of sp³-hybridized carbons (Fsp3) is 0.314. The lowest BCUT2D eigenvalue weighted by atomic mass is 9.86. The molecule has 5 N–H and O–H groups in total. The summed E-state index contributed by atoms with van der Waals surface area (Å²) in [5.41, 5.74) is 5.97. The summed E-state index contributed by atoms with van der Waals surface area (Å²) in [5.74, 6) is 0.916. The minimum Gasteiger partial charge on any atom is -0.506 e. The van der Waals surface area contributed by atoms with E-state index in [9.17, 15) is 24.6 Å². The number of H-pyrrole nitrogens is 1. The maximum atomic E-state index is 14.0. The molecule has 9 rings (SSSR count). The molecule has 0 saturated carbocycles. The molecule has 12 nitrogen and oxygen atoms in total. The fourth-order valence-electron chi connectivity index (χ4n) is 8.79. The van der Waals surface area contributed by atoms with Gasteiger partial charge in [0.15, 0.2) is 0 Å². The van der Waals surface area contributed by atoms with E-state index >= 15 is 0 Å². The van der Waals surface area contributed by atoms with Gasteiger partial charge in [-0.2, -0.15) is 0 Å². The van der Waals surface area contributed by atoms with E-state index in [0.29, 0.717) is 54.2 Å². The fourth-order valence-corrected chi connectivity index (χ4v) is 8.79. The highest BCUT2D eigenvalue weighted by Gasteiger charge is 2.37. The van der Waals surface area contributed by atoms with Gasteiger partial charge in [-0.15, -0.1) is 0 Å². The Labute approximate surface area is 367 Å². The molecule has 0 spiro atoms. The number of piperidine rings is 3. The van der Waals surface area contributed by atoms with Crippen LogP contribution in [0, 0.1) is 12.8 Å². The molecular weight excluding hydrogens is 795 g/mol. The van der Waals surface area contributed by atoms with Crippen molar-refractivity contribution in [2.45, 2.75) is 57.6 Å². The number of aliphatic hydroxyl groups is 1. The third-order valence-electron chi connectivity index (χ3n) is 12.2. The van der Waals surface area contributed by atoms with E-state index in [1.807, 2.05) is 109 Å². The summed E-state index contributed by atoms with van der Waals surface area (Å²) >= 11 is 0. The van der Waals surface area contributed by atoms with Gasteiger partial charge in [0.1, 0.15) is 24.2 Å². The Bertz CT molecular complexity index is 2560. The molecule has 1 aromatic heterocycles. The Morgan fingerprint density at radius 2 is 1.65 bits per heavy atom. The minimum absolute atomic E-state index is 0.0589. The molecule has 326 valence electrons. The SMILES string of the molecule is Cc1cccc(CN(CCCNC[C@@H](O)c2ccc(O)c3[nH]c(=O)ccc23)C(=O)c2ccc(COc3cccc(C(NC(=O)O[C@H]4CN5CCC4CC5)c4ccccc4)c3)cc2)c1. The van der Waals surface area contributed by atoms with Gasteiger partial charge in [-0.3, -0.25) is 14.5 Å². The van der Waals surface area contributed by atoms with E-state index in [1.165, 1.54) is 12.1 Å². The number of aromatic hydroxyl groups is 1. The van der Waals surface area contributed by atoms with Gasteiger partial charge < -0.3 is 40.2 Å². The number of carbonyl (C=O) groups excluding carboxylic acids is 2. The van der Waals surface area contributed by atoms with Gasteiger partial charge in [-0.05, 0) is 116 Å². The summed E-state index contributed by atoms with van der Waals surface area (Å²) in [5, 5.41) is 28.3. The lowest BCUT2D eigenvalue weighted by Gasteiger charge is -2.43. The van der Waals surface area contributed by atoms with E-state index in [-0.39, 0.29) is 42.0 Å². The number of hydrogen-bond donors (Lipinski definition) is 5. The highest BCUT2D eigenvalue weighted by atomic mass is 16.6. The maximum absolute atomic E-state index is 14.0. The molecule has 6 aromatic rings. The second-order valence-corrected chi connectivity index (χ2v) is 16.7. The summed E-state index contributed by atoms with van der Waals surface area (Å²) in [6, 6.07) is 38.9. The Hall–Kier alpha value is -6.47. The number of aromatic nitrogens is 1. The number of aryl methyl sites for hydroxylation is 1. The van der Waals surface area contributed by atoms with E-state index in [4.69, 9.17) is 9.47 Å². The molecule has 0 aliphatic carbocycles. The number of rotatable bonds is 17. The van der Waals surface area contributed by atoms with Crippen molar-refractivity contribution in [1.82, 2.24) is 25.4 Å². The van der Waals surface area contributed by atoms with Crippen LogP contribution in [0.15, 0.2) is 132 Å². The zero-order valence-electron chi connectivity index (χ0n) is 35.5. The van der Waals surface area contributed by atoms with Crippen LogP contribution in [0.4, 0.5) is 4.79 Å². The third kappa shape index (κ3) is 11.0. The number of hydrogen-bond acceptors (Lipinski definition) is 9. The molecule has 5 aromatic carbocycles. The average molecular weight is 850 g/mol. The summed E-state index contributed by atoms with van der Waals surface area (Å²) in [6.07, 6.45) is 1.37. The quantitative estimate of drug-likeness (QED) is 0.0591. The zero-order valence-corrected chi connectivity index (χ0v) is 35.5. The average Bonchev–Trinajstić information content (AvgIpc) is 3.30. The van der Waals surface area contributed by atoms with Crippen LogP contribution in [0.3, 0.4) is 0 Å². The monoisotopic (exact) mass is 849 g/mol. The van der Waals surface area contributed by atoms with Gasteiger partial charge >= 0.3 is 6.09 Å². The van der Waals surface area contributed by atoms with E-state index in [2.05, 4.69) is 26.6 Å². The zero-order chi connectivity index (χ0) is 43.7. The van der Waals surface area contributed by atoms with E-state index in [1.54, 1.807) is 12.1 Å². The number of ether oxygens (including phenoxy) is 2. The topological polar surface area (TPSA) is 156 Å². The predicted molar refractivity (Wildman–Crippen MR) is 243 cm³/mol. The number of phenolic OH excluding ortho intramolecular Hbond substituents is 1. The first-order chi connectivity index (χ1) is 30.7. The lowest BCUT2D eigenvalue weighted by molar-refractivity contribution is -0.0336. The third-order valence-corrected chi connectivity index (χ3v) is 12.2. The Morgan fingerprint density at radius 1 is 0.873 bits per heavy atom. The van der Waals surface area contributed by atoms with Gasteiger partial charge in [0, 0.05) is 43.2 Å². The number of nitrogens with one attached hydrogen (secondary N) is 3. The first kappa shape index (κ1) is 43.2. The first-order valence-corrected chi connectivity index (χ1v) is 21.8. The molecule has 0 radical (unpaired) electrons. The standard InChI is InChI=1S/C51H55N5O7/c1-34-8-5-9-36(28-34)31-56(25-7-24-52-30-45(58)42-18-20-44(57)49-43(42)19-21-47(59)53-49)50(60)39-16-14-35(15-17-39)33-62-41-13-6-12-40(29-41)48(38-10-3-2-4-11-38)54-51(61)63-46-32-55-26-22-37(46)23-27-55/h2-6,8-21,28-29,37,45-46,48,52,57-58H,7,22-27,30-33H2,1H3,(H,53,59)(H,54,61)/t45-,46+,48?/m1/s1. The molecular formula is C51H55N5O7. The van der Waals surface area contributed by atoms with Crippen molar-refractivity contribution in [3.63, 3.8) is 0 Å². The summed E-state index contributed by atoms with van der Waals surface area (Å²) in [6.45, 7) is 6.97.